The highest BCUT2D eigenvalue weighted by Crippen LogP contribution is 2.17. The number of ether oxygens (including phenoxy) is 1. The summed E-state index contributed by atoms with van der Waals surface area (Å²) in [4.78, 5) is 26.2. The van der Waals surface area contributed by atoms with Crippen molar-refractivity contribution in [3.8, 4) is 5.75 Å². The summed E-state index contributed by atoms with van der Waals surface area (Å²) in [6.07, 6.45) is 0. The lowest BCUT2D eigenvalue weighted by molar-refractivity contribution is -0.117. The van der Waals surface area contributed by atoms with Crippen molar-refractivity contribution in [1.29, 1.82) is 0 Å². The molecule has 0 aliphatic heterocycles. The van der Waals surface area contributed by atoms with Gasteiger partial charge in [-0.15, -0.1) is 0 Å². The van der Waals surface area contributed by atoms with E-state index in [1.54, 1.807) is 29.2 Å². The van der Waals surface area contributed by atoms with E-state index >= 15 is 0 Å². The molecule has 1 N–H and O–H groups in total. The number of amides is 2. The molecule has 5 nitrogen and oxygen atoms in total. The van der Waals surface area contributed by atoms with E-state index in [1.165, 1.54) is 7.11 Å². The third-order valence-corrected chi connectivity index (χ3v) is 3.44. The number of nitrogens with zero attached hydrogens (tertiary/aromatic N) is 1. The topological polar surface area (TPSA) is 58.6 Å². The van der Waals surface area contributed by atoms with Crippen molar-refractivity contribution in [3.05, 3.63) is 60.2 Å². The molecule has 120 valence electrons. The van der Waals surface area contributed by atoms with Crippen LogP contribution < -0.4 is 15.0 Å². The Kier molecular flexibility index (Phi) is 5.74. The van der Waals surface area contributed by atoms with Gasteiger partial charge in [0.15, 0.2) is 0 Å². The highest BCUT2D eigenvalue weighted by atomic mass is 16.5. The number of methoxy groups -OCH3 is 1. The molecule has 2 aromatic carbocycles. The fourth-order valence-corrected chi connectivity index (χ4v) is 2.29. The smallest absolute Gasteiger partial charge is 0.255 e. The van der Waals surface area contributed by atoms with Crippen molar-refractivity contribution in [2.24, 2.45) is 0 Å². The molecule has 0 saturated carbocycles. The molecule has 0 atom stereocenters. The first-order valence-corrected chi connectivity index (χ1v) is 7.44. The number of anilines is 1. The van der Waals surface area contributed by atoms with Gasteiger partial charge in [0.1, 0.15) is 5.75 Å². The molecule has 0 bridgehead atoms. The Hall–Kier alpha value is -2.82. The number of hydrogen-bond acceptors (Lipinski definition) is 3. The van der Waals surface area contributed by atoms with Crippen molar-refractivity contribution in [3.63, 3.8) is 0 Å². The summed E-state index contributed by atoms with van der Waals surface area (Å²) in [6.45, 7) is 2.36. The van der Waals surface area contributed by atoms with Gasteiger partial charge in [-0.25, -0.2) is 0 Å². The Balaban J connectivity index is 2.02. The summed E-state index contributed by atoms with van der Waals surface area (Å²) < 4.78 is 5.16. The molecule has 0 aromatic heterocycles. The van der Waals surface area contributed by atoms with Gasteiger partial charge >= 0.3 is 0 Å². The predicted molar refractivity (Wildman–Crippen MR) is 89.8 cm³/mol. The van der Waals surface area contributed by atoms with Crippen LogP contribution in [0.25, 0.3) is 0 Å². The number of likely N-dealkylation sites (N-methyl/N-ethyl adjacent to an activating group) is 1. The summed E-state index contributed by atoms with van der Waals surface area (Å²) in [5.74, 6) is -0.0188. The maximum absolute atomic E-state index is 12.3. The lowest BCUT2D eigenvalue weighted by Gasteiger charge is -2.21. The van der Waals surface area contributed by atoms with Gasteiger partial charge in [0, 0.05) is 12.2 Å². The fraction of sp³-hybridized carbons (Fsp3) is 0.222. The van der Waals surface area contributed by atoms with Gasteiger partial charge in [-0.3, -0.25) is 9.59 Å². The number of rotatable bonds is 6. The lowest BCUT2D eigenvalue weighted by Crippen LogP contribution is -2.40. The maximum Gasteiger partial charge on any atom is 0.255 e. The summed E-state index contributed by atoms with van der Waals surface area (Å²) in [6, 6.07) is 16.3. The van der Waals surface area contributed by atoms with E-state index in [2.05, 4.69) is 5.32 Å². The zero-order valence-corrected chi connectivity index (χ0v) is 13.3. The van der Waals surface area contributed by atoms with E-state index in [1.807, 2.05) is 37.3 Å². The minimum atomic E-state index is -0.333. The second-order valence-electron chi connectivity index (χ2n) is 4.86. The molecule has 0 spiro atoms. The summed E-state index contributed by atoms with van der Waals surface area (Å²) >= 11 is 0. The molecule has 0 unspecified atom stereocenters. The molecule has 2 rings (SSSR count). The standard InChI is InChI=1S/C18H20N2O3/c1-3-20(14-9-5-4-6-10-14)17(21)13-19-18(22)15-11-7-8-12-16(15)23-2/h4-12H,3,13H2,1-2H3,(H,19,22). The summed E-state index contributed by atoms with van der Waals surface area (Å²) in [5, 5.41) is 2.65. The number of carbonyl (C=O) groups excluding carboxylic acids is 2. The lowest BCUT2D eigenvalue weighted by atomic mass is 10.2. The normalized spacial score (nSPS) is 10.0. The van der Waals surface area contributed by atoms with E-state index in [4.69, 9.17) is 4.74 Å². The van der Waals surface area contributed by atoms with Crippen molar-refractivity contribution < 1.29 is 14.3 Å². The van der Waals surface area contributed by atoms with E-state index in [9.17, 15) is 9.59 Å². The van der Waals surface area contributed by atoms with Crippen molar-refractivity contribution in [1.82, 2.24) is 5.32 Å². The Bertz CT molecular complexity index is 671. The Morgan fingerprint density at radius 3 is 2.35 bits per heavy atom. The number of para-hydroxylation sites is 2. The molecule has 0 aliphatic carbocycles. The molecule has 2 amide bonds. The van der Waals surface area contributed by atoms with Crippen LogP contribution in [0.4, 0.5) is 5.69 Å². The SMILES string of the molecule is CCN(C(=O)CNC(=O)c1ccccc1OC)c1ccccc1. The Morgan fingerprint density at radius 1 is 1.04 bits per heavy atom. The average Bonchev–Trinajstić information content (AvgIpc) is 2.61. The van der Waals surface area contributed by atoms with E-state index in [0.717, 1.165) is 5.69 Å². The number of carbonyl (C=O) groups is 2. The van der Waals surface area contributed by atoms with Crippen LogP contribution in [0.1, 0.15) is 17.3 Å². The second kappa shape index (κ2) is 7.98. The van der Waals surface area contributed by atoms with Gasteiger partial charge in [0.05, 0.1) is 19.2 Å². The molecule has 0 fully saturated rings. The van der Waals surface area contributed by atoms with Gasteiger partial charge in [-0.05, 0) is 31.2 Å². The monoisotopic (exact) mass is 312 g/mol. The van der Waals surface area contributed by atoms with Crippen molar-refractivity contribution >= 4 is 17.5 Å². The number of nitrogens with one attached hydrogen (secondary N) is 1. The van der Waals surface area contributed by atoms with Crippen molar-refractivity contribution in [2.45, 2.75) is 6.92 Å². The van der Waals surface area contributed by atoms with Crippen LogP contribution in [0, 0.1) is 0 Å². The third-order valence-electron chi connectivity index (χ3n) is 3.44. The fourth-order valence-electron chi connectivity index (χ4n) is 2.29. The summed E-state index contributed by atoms with van der Waals surface area (Å²) in [7, 11) is 1.51. The zero-order valence-electron chi connectivity index (χ0n) is 13.3. The van der Waals surface area contributed by atoms with Crippen LogP contribution in [-0.2, 0) is 4.79 Å². The first kappa shape index (κ1) is 16.5. The minimum Gasteiger partial charge on any atom is -0.496 e. The summed E-state index contributed by atoms with van der Waals surface area (Å²) in [5.41, 5.74) is 1.22. The molecule has 0 radical (unpaired) electrons. The largest absolute Gasteiger partial charge is 0.496 e. The van der Waals surface area contributed by atoms with Crippen molar-refractivity contribution in [2.75, 3.05) is 25.1 Å². The highest BCUT2D eigenvalue weighted by Gasteiger charge is 2.16. The van der Waals surface area contributed by atoms with Crippen LogP contribution in [0.15, 0.2) is 54.6 Å². The Labute approximate surface area is 135 Å². The average molecular weight is 312 g/mol. The number of benzene rings is 2. The Morgan fingerprint density at radius 2 is 1.70 bits per heavy atom. The number of hydrogen-bond donors (Lipinski definition) is 1. The maximum atomic E-state index is 12.3. The van der Waals surface area contributed by atoms with Crippen LogP contribution >= 0.6 is 0 Å². The highest BCUT2D eigenvalue weighted by molar-refractivity contribution is 6.01. The molecule has 2 aromatic rings. The van der Waals surface area contributed by atoms with Gasteiger partial charge in [0.2, 0.25) is 5.91 Å². The zero-order chi connectivity index (χ0) is 16.7. The molecule has 23 heavy (non-hydrogen) atoms. The van der Waals surface area contributed by atoms with Crippen LogP contribution in [0.3, 0.4) is 0 Å². The van der Waals surface area contributed by atoms with Gasteiger partial charge in [-0.1, -0.05) is 30.3 Å². The van der Waals surface area contributed by atoms with Crippen LogP contribution in [-0.4, -0.2) is 32.0 Å². The van der Waals surface area contributed by atoms with E-state index in [-0.39, 0.29) is 18.4 Å². The first-order valence-electron chi connectivity index (χ1n) is 7.44. The van der Waals surface area contributed by atoms with Gasteiger partial charge in [0.25, 0.3) is 5.91 Å². The molecular weight excluding hydrogens is 292 g/mol. The predicted octanol–water partition coefficient (Wildman–Crippen LogP) is 2.48. The molecular formula is C18H20N2O3. The minimum absolute atomic E-state index is 0.0698. The quantitative estimate of drug-likeness (QED) is 0.891. The van der Waals surface area contributed by atoms with Crippen LogP contribution in [0.5, 0.6) is 5.75 Å². The molecule has 0 saturated heterocycles. The second-order valence-corrected chi connectivity index (χ2v) is 4.86. The molecule has 0 aliphatic rings. The third kappa shape index (κ3) is 4.10. The van der Waals surface area contributed by atoms with E-state index < -0.39 is 0 Å². The van der Waals surface area contributed by atoms with E-state index in [0.29, 0.717) is 17.9 Å². The van der Waals surface area contributed by atoms with Gasteiger partial charge in [-0.2, -0.15) is 0 Å². The molecule has 5 heteroatoms. The van der Waals surface area contributed by atoms with Gasteiger partial charge < -0.3 is 15.0 Å². The first-order chi connectivity index (χ1) is 11.2. The van der Waals surface area contributed by atoms with Crippen LogP contribution in [0.2, 0.25) is 0 Å². The molecule has 0 heterocycles.